The number of hydrogen-bond acceptors (Lipinski definition) is 6. The highest BCUT2D eigenvalue weighted by atomic mass is 16.5. The molecule has 0 bridgehead atoms. The van der Waals surface area contributed by atoms with Crippen LogP contribution in [0.15, 0.2) is 34.9 Å². The number of carbonyl (C=O) groups is 2. The van der Waals surface area contributed by atoms with E-state index in [1.807, 2.05) is 37.3 Å². The number of amides is 1. The summed E-state index contributed by atoms with van der Waals surface area (Å²) in [5.41, 5.74) is 2.52. The van der Waals surface area contributed by atoms with Gasteiger partial charge in [0.15, 0.2) is 5.56 Å². The van der Waals surface area contributed by atoms with Gasteiger partial charge in [0.05, 0.1) is 17.1 Å². The molecule has 0 aliphatic heterocycles. The molecule has 9 heteroatoms. The molecule has 0 fully saturated rings. The molecule has 0 radical (unpaired) electrons. The number of carboxylic acids is 1. The van der Waals surface area contributed by atoms with Crippen molar-refractivity contribution in [1.29, 1.82) is 0 Å². The van der Waals surface area contributed by atoms with E-state index in [0.29, 0.717) is 17.0 Å². The van der Waals surface area contributed by atoms with Gasteiger partial charge in [-0.2, -0.15) is 5.10 Å². The van der Waals surface area contributed by atoms with Crippen LogP contribution in [0.1, 0.15) is 21.7 Å². The van der Waals surface area contributed by atoms with Crippen molar-refractivity contribution >= 4 is 17.8 Å². The maximum absolute atomic E-state index is 11.8. The van der Waals surface area contributed by atoms with E-state index in [-0.39, 0.29) is 23.7 Å². The van der Waals surface area contributed by atoms with Crippen LogP contribution >= 0.6 is 0 Å². The Kier molecular flexibility index (Phi) is 5.04. The van der Waals surface area contributed by atoms with Gasteiger partial charge in [-0.3, -0.25) is 10.1 Å². The van der Waals surface area contributed by atoms with Crippen molar-refractivity contribution in [3.63, 3.8) is 0 Å². The predicted molar refractivity (Wildman–Crippen MR) is 96.0 cm³/mol. The number of rotatable bonds is 6. The average molecular weight is 370 g/mol. The first-order chi connectivity index (χ1) is 12.9. The Hall–Kier alpha value is -3.46. The van der Waals surface area contributed by atoms with Gasteiger partial charge in [0, 0.05) is 12.7 Å². The molecule has 0 atom stereocenters. The Morgan fingerprint density at radius 1 is 1.26 bits per heavy atom. The van der Waals surface area contributed by atoms with Crippen molar-refractivity contribution in [3.8, 4) is 16.9 Å². The minimum atomic E-state index is -1.27. The van der Waals surface area contributed by atoms with Gasteiger partial charge in [0.25, 0.3) is 5.91 Å². The normalized spacial score (nSPS) is 10.8. The maximum atomic E-state index is 11.8. The van der Waals surface area contributed by atoms with Crippen molar-refractivity contribution in [1.82, 2.24) is 14.9 Å². The fraction of sp³-hybridized carbons (Fsp3) is 0.222. The topological polar surface area (TPSA) is 119 Å². The lowest BCUT2D eigenvalue weighted by Gasteiger charge is -2.05. The predicted octanol–water partition coefficient (Wildman–Crippen LogP) is 2.43. The summed E-state index contributed by atoms with van der Waals surface area (Å²) in [6.07, 6.45) is 0. The highest BCUT2D eigenvalue weighted by Crippen LogP contribution is 2.34. The van der Waals surface area contributed by atoms with Crippen LogP contribution in [0.3, 0.4) is 0 Å². The summed E-state index contributed by atoms with van der Waals surface area (Å²) in [6, 6.07) is 9.44. The molecule has 0 spiro atoms. The Morgan fingerprint density at radius 2 is 1.96 bits per heavy atom. The maximum Gasteiger partial charge on any atom is 0.343 e. The molecule has 3 aromatic rings. The molecule has 0 aliphatic rings. The number of aromatic carboxylic acids is 1. The van der Waals surface area contributed by atoms with E-state index in [9.17, 15) is 14.7 Å². The number of carbonyl (C=O) groups excluding carboxylic acids is 1. The number of aromatic nitrogens is 3. The molecule has 2 heterocycles. The molecule has 0 aliphatic carbocycles. The van der Waals surface area contributed by atoms with Crippen molar-refractivity contribution in [2.75, 3.05) is 19.0 Å². The molecule has 27 heavy (non-hydrogen) atoms. The van der Waals surface area contributed by atoms with Crippen LogP contribution < -0.4 is 5.32 Å². The number of aryl methyl sites for hydroxylation is 1. The third kappa shape index (κ3) is 3.44. The standard InChI is InChI=1S/C18H18N4O5/c1-10-14(11(2)22(20-10)12-7-5-4-6-8-12)16-15(18(24)25)17(27-21-16)19-13(23)9-26-3/h4-8H,9H2,1-3H3,(H,19,23)(H,24,25). The molecule has 1 aromatic carbocycles. The van der Waals surface area contributed by atoms with Gasteiger partial charge in [0.2, 0.25) is 5.88 Å². The largest absolute Gasteiger partial charge is 0.477 e. The molecule has 3 rings (SSSR count). The lowest BCUT2D eigenvalue weighted by atomic mass is 10.1. The van der Waals surface area contributed by atoms with E-state index in [1.54, 1.807) is 11.6 Å². The average Bonchev–Trinajstić information content (AvgIpc) is 3.16. The second kappa shape index (κ2) is 7.42. The van der Waals surface area contributed by atoms with E-state index >= 15 is 0 Å². The van der Waals surface area contributed by atoms with Gasteiger partial charge in [-0.1, -0.05) is 23.4 Å². The number of methoxy groups -OCH3 is 1. The number of para-hydroxylation sites is 1. The van der Waals surface area contributed by atoms with Crippen molar-refractivity contribution in [2.24, 2.45) is 0 Å². The summed E-state index contributed by atoms with van der Waals surface area (Å²) in [6.45, 7) is 3.33. The summed E-state index contributed by atoms with van der Waals surface area (Å²) < 4.78 is 11.5. The number of anilines is 1. The van der Waals surface area contributed by atoms with Crippen LogP contribution in [0, 0.1) is 13.8 Å². The van der Waals surface area contributed by atoms with Crippen molar-refractivity contribution in [2.45, 2.75) is 13.8 Å². The fourth-order valence-corrected chi connectivity index (χ4v) is 2.84. The SMILES string of the molecule is COCC(=O)Nc1onc(-c2c(C)nn(-c3ccccc3)c2C)c1C(=O)O. The highest BCUT2D eigenvalue weighted by molar-refractivity contribution is 6.03. The molecule has 2 N–H and O–H groups in total. The van der Waals surface area contributed by atoms with Gasteiger partial charge in [0.1, 0.15) is 12.3 Å². The molecular weight excluding hydrogens is 352 g/mol. The number of ether oxygens (including phenoxy) is 1. The summed E-state index contributed by atoms with van der Waals surface area (Å²) >= 11 is 0. The number of nitrogens with one attached hydrogen (secondary N) is 1. The van der Waals surface area contributed by atoms with Crippen LogP contribution in [0.5, 0.6) is 0 Å². The smallest absolute Gasteiger partial charge is 0.343 e. The molecule has 0 unspecified atom stereocenters. The Balaban J connectivity index is 2.10. The van der Waals surface area contributed by atoms with Crippen LogP contribution in [0.25, 0.3) is 16.9 Å². The molecule has 0 saturated heterocycles. The van der Waals surface area contributed by atoms with Gasteiger partial charge < -0.3 is 14.4 Å². The number of benzene rings is 1. The highest BCUT2D eigenvalue weighted by Gasteiger charge is 2.29. The number of nitrogens with zero attached hydrogens (tertiary/aromatic N) is 3. The van der Waals surface area contributed by atoms with E-state index < -0.39 is 11.9 Å². The lowest BCUT2D eigenvalue weighted by Crippen LogP contribution is -2.18. The van der Waals surface area contributed by atoms with Crippen molar-refractivity contribution < 1.29 is 24.0 Å². The van der Waals surface area contributed by atoms with Crippen LogP contribution in [-0.2, 0) is 9.53 Å². The molecular formula is C18H18N4O5. The minimum Gasteiger partial charge on any atom is -0.477 e. The number of carboxylic acid groups (broad SMARTS) is 1. The van der Waals surface area contributed by atoms with E-state index in [4.69, 9.17) is 9.26 Å². The quantitative estimate of drug-likeness (QED) is 0.684. The molecule has 1 amide bonds. The third-order valence-corrected chi connectivity index (χ3v) is 3.96. The first-order valence-electron chi connectivity index (χ1n) is 8.07. The van der Waals surface area contributed by atoms with Crippen molar-refractivity contribution in [3.05, 3.63) is 47.3 Å². The zero-order chi connectivity index (χ0) is 19.6. The summed E-state index contributed by atoms with van der Waals surface area (Å²) in [4.78, 5) is 23.5. The first-order valence-corrected chi connectivity index (χ1v) is 8.07. The van der Waals surface area contributed by atoms with Crippen LogP contribution in [0.2, 0.25) is 0 Å². The van der Waals surface area contributed by atoms with E-state index in [0.717, 1.165) is 5.69 Å². The second-order valence-corrected chi connectivity index (χ2v) is 5.81. The molecule has 140 valence electrons. The zero-order valence-corrected chi connectivity index (χ0v) is 15.0. The second-order valence-electron chi connectivity index (χ2n) is 5.81. The number of hydrogen-bond donors (Lipinski definition) is 2. The van der Waals surface area contributed by atoms with E-state index in [2.05, 4.69) is 15.6 Å². The lowest BCUT2D eigenvalue weighted by molar-refractivity contribution is -0.119. The Morgan fingerprint density at radius 3 is 2.59 bits per heavy atom. The van der Waals surface area contributed by atoms with Gasteiger partial charge in [-0.15, -0.1) is 0 Å². The van der Waals surface area contributed by atoms with Crippen LogP contribution in [-0.4, -0.2) is 45.6 Å². The zero-order valence-electron chi connectivity index (χ0n) is 15.0. The van der Waals surface area contributed by atoms with Gasteiger partial charge in [-0.05, 0) is 26.0 Å². The molecule has 9 nitrogen and oxygen atoms in total. The third-order valence-electron chi connectivity index (χ3n) is 3.96. The first kappa shape index (κ1) is 18.3. The fourth-order valence-electron chi connectivity index (χ4n) is 2.84. The monoisotopic (exact) mass is 370 g/mol. The minimum absolute atomic E-state index is 0.104. The molecule has 2 aromatic heterocycles. The molecule has 0 saturated carbocycles. The van der Waals surface area contributed by atoms with Gasteiger partial charge in [-0.25, -0.2) is 9.48 Å². The van der Waals surface area contributed by atoms with E-state index in [1.165, 1.54) is 7.11 Å². The van der Waals surface area contributed by atoms with Gasteiger partial charge >= 0.3 is 5.97 Å². The van der Waals surface area contributed by atoms with Crippen LogP contribution in [0.4, 0.5) is 5.88 Å². The Bertz CT molecular complexity index is 991. The summed E-state index contributed by atoms with van der Waals surface area (Å²) in [5.74, 6) is -2.06. The summed E-state index contributed by atoms with van der Waals surface area (Å²) in [7, 11) is 1.36. The summed E-state index contributed by atoms with van der Waals surface area (Å²) in [5, 5.41) is 20.4. The Labute approximate surface area is 154 Å².